The number of hydrogen-bond donors (Lipinski definition) is 2. The summed E-state index contributed by atoms with van der Waals surface area (Å²) in [6.45, 7) is 1.37. The Morgan fingerprint density at radius 2 is 2.25 bits per heavy atom. The van der Waals surface area contributed by atoms with Crippen molar-refractivity contribution in [3.05, 3.63) is 36.3 Å². The molecule has 3 N–H and O–H groups in total. The molecule has 0 atom stereocenters. The zero-order valence-electron chi connectivity index (χ0n) is 10.7. The Kier molecular flexibility index (Phi) is 3.28. The van der Waals surface area contributed by atoms with E-state index in [1.165, 1.54) is 12.1 Å². The second-order valence-corrected chi connectivity index (χ2v) is 4.40. The van der Waals surface area contributed by atoms with Crippen LogP contribution in [0.25, 0.3) is 0 Å². The third-order valence-electron chi connectivity index (χ3n) is 2.93. The molecule has 0 aliphatic carbocycles. The van der Waals surface area contributed by atoms with Crippen molar-refractivity contribution in [1.29, 1.82) is 0 Å². The monoisotopic (exact) mass is 275 g/mol. The molecule has 0 bridgehead atoms. The Morgan fingerprint density at radius 1 is 1.35 bits per heavy atom. The van der Waals surface area contributed by atoms with Crippen LogP contribution < -0.4 is 20.5 Å². The molecule has 1 aromatic carbocycles. The molecule has 1 aromatic heterocycles. The summed E-state index contributed by atoms with van der Waals surface area (Å²) < 4.78 is 24.7. The number of anilines is 2. The lowest BCUT2D eigenvalue weighted by molar-refractivity contribution is 0.306. The lowest BCUT2D eigenvalue weighted by Gasteiger charge is -2.13. The highest BCUT2D eigenvalue weighted by Gasteiger charge is 2.16. The summed E-state index contributed by atoms with van der Waals surface area (Å²) in [6.07, 6.45) is 2.50. The molecular formula is C14H14FN3O2. The van der Waals surface area contributed by atoms with Crippen LogP contribution in [0.2, 0.25) is 0 Å². The standard InChI is InChI=1S/C14H14FN3O2/c15-10-8-9(2-3-11(10)16)20-12-4-6-18-14-13(12)19-7-1-5-17-14/h2-4,6,8H,1,5,7,16H2,(H,17,18). The summed E-state index contributed by atoms with van der Waals surface area (Å²) in [5.74, 6) is 1.52. The molecule has 6 heteroatoms. The van der Waals surface area contributed by atoms with Gasteiger partial charge in [0.25, 0.3) is 0 Å². The van der Waals surface area contributed by atoms with Crippen LogP contribution in [-0.4, -0.2) is 18.1 Å². The van der Waals surface area contributed by atoms with Crippen LogP contribution in [0.4, 0.5) is 15.9 Å². The SMILES string of the molecule is Nc1ccc(Oc2ccnc3c2OCCCN3)cc1F. The first-order valence-electron chi connectivity index (χ1n) is 6.32. The predicted octanol–water partition coefficient (Wildman–Crippen LogP) is 2.79. The minimum atomic E-state index is -0.512. The molecule has 2 aromatic rings. The summed E-state index contributed by atoms with van der Waals surface area (Å²) in [4.78, 5) is 4.20. The van der Waals surface area contributed by atoms with E-state index in [4.69, 9.17) is 15.2 Å². The topological polar surface area (TPSA) is 69.4 Å². The lowest BCUT2D eigenvalue weighted by Crippen LogP contribution is -2.01. The summed E-state index contributed by atoms with van der Waals surface area (Å²) >= 11 is 0. The highest BCUT2D eigenvalue weighted by atomic mass is 19.1. The minimum absolute atomic E-state index is 0.0869. The molecule has 3 rings (SSSR count). The lowest BCUT2D eigenvalue weighted by atomic mass is 10.3. The van der Waals surface area contributed by atoms with Crippen LogP contribution in [0.3, 0.4) is 0 Å². The van der Waals surface area contributed by atoms with Crippen LogP contribution in [0.5, 0.6) is 17.2 Å². The molecule has 0 amide bonds. The molecule has 2 heterocycles. The van der Waals surface area contributed by atoms with Crippen molar-refractivity contribution in [3.8, 4) is 17.2 Å². The van der Waals surface area contributed by atoms with Gasteiger partial charge in [-0.1, -0.05) is 0 Å². The molecule has 0 spiro atoms. The van der Waals surface area contributed by atoms with Crippen molar-refractivity contribution < 1.29 is 13.9 Å². The van der Waals surface area contributed by atoms with E-state index in [1.54, 1.807) is 18.3 Å². The van der Waals surface area contributed by atoms with Crippen molar-refractivity contribution in [2.45, 2.75) is 6.42 Å². The van der Waals surface area contributed by atoms with E-state index in [2.05, 4.69) is 10.3 Å². The van der Waals surface area contributed by atoms with Crippen molar-refractivity contribution in [3.63, 3.8) is 0 Å². The molecule has 1 aliphatic rings. The largest absolute Gasteiger partial charge is 0.486 e. The number of hydrogen-bond acceptors (Lipinski definition) is 5. The van der Waals surface area contributed by atoms with Crippen LogP contribution in [0.1, 0.15) is 6.42 Å². The van der Waals surface area contributed by atoms with Crippen molar-refractivity contribution >= 4 is 11.5 Å². The van der Waals surface area contributed by atoms with E-state index in [1.807, 2.05) is 0 Å². The van der Waals surface area contributed by atoms with Crippen LogP contribution in [0, 0.1) is 5.82 Å². The van der Waals surface area contributed by atoms with Gasteiger partial charge in [-0.2, -0.15) is 0 Å². The van der Waals surface area contributed by atoms with Crippen LogP contribution >= 0.6 is 0 Å². The number of nitrogens with two attached hydrogens (primary N) is 1. The summed E-state index contributed by atoms with van der Waals surface area (Å²) in [5.41, 5.74) is 5.53. The first kappa shape index (κ1) is 12.5. The van der Waals surface area contributed by atoms with Gasteiger partial charge in [-0.25, -0.2) is 9.37 Å². The van der Waals surface area contributed by atoms with Crippen molar-refractivity contribution in [1.82, 2.24) is 4.98 Å². The second-order valence-electron chi connectivity index (χ2n) is 4.40. The highest BCUT2D eigenvalue weighted by molar-refractivity contribution is 5.59. The van der Waals surface area contributed by atoms with Gasteiger partial charge < -0.3 is 20.5 Å². The van der Waals surface area contributed by atoms with Gasteiger partial charge in [0.05, 0.1) is 12.3 Å². The molecule has 5 nitrogen and oxygen atoms in total. The third-order valence-corrected chi connectivity index (χ3v) is 2.93. The number of pyridine rings is 1. The smallest absolute Gasteiger partial charge is 0.204 e. The molecule has 20 heavy (non-hydrogen) atoms. The molecule has 0 unspecified atom stereocenters. The predicted molar refractivity (Wildman–Crippen MR) is 73.7 cm³/mol. The molecule has 104 valence electrons. The van der Waals surface area contributed by atoms with Crippen LogP contribution in [-0.2, 0) is 0 Å². The number of nitrogens with zero attached hydrogens (tertiary/aromatic N) is 1. The Labute approximate surface area is 115 Å². The summed E-state index contributed by atoms with van der Waals surface area (Å²) in [7, 11) is 0. The fraction of sp³-hybridized carbons (Fsp3) is 0.214. The van der Waals surface area contributed by atoms with E-state index in [0.717, 1.165) is 13.0 Å². The average molecular weight is 275 g/mol. The maximum absolute atomic E-state index is 13.4. The van der Waals surface area contributed by atoms with E-state index >= 15 is 0 Å². The zero-order chi connectivity index (χ0) is 13.9. The van der Waals surface area contributed by atoms with E-state index in [0.29, 0.717) is 29.7 Å². The minimum Gasteiger partial charge on any atom is -0.486 e. The quantitative estimate of drug-likeness (QED) is 0.825. The number of benzene rings is 1. The highest BCUT2D eigenvalue weighted by Crippen LogP contribution is 2.37. The third kappa shape index (κ3) is 2.45. The maximum Gasteiger partial charge on any atom is 0.204 e. The van der Waals surface area contributed by atoms with Gasteiger partial charge in [0.15, 0.2) is 11.6 Å². The normalized spacial score (nSPS) is 13.7. The molecule has 1 aliphatic heterocycles. The number of halogens is 1. The van der Waals surface area contributed by atoms with Gasteiger partial charge >= 0.3 is 0 Å². The number of ether oxygens (including phenoxy) is 2. The molecule has 0 fully saturated rings. The molecular weight excluding hydrogens is 261 g/mol. The first-order chi connectivity index (χ1) is 9.74. The van der Waals surface area contributed by atoms with Crippen molar-refractivity contribution in [2.24, 2.45) is 0 Å². The van der Waals surface area contributed by atoms with Gasteiger partial charge in [0.2, 0.25) is 5.75 Å². The van der Waals surface area contributed by atoms with Gasteiger partial charge in [-0.15, -0.1) is 0 Å². The number of nitrogen functional groups attached to an aromatic ring is 1. The molecule has 0 saturated carbocycles. The van der Waals surface area contributed by atoms with E-state index in [-0.39, 0.29) is 5.69 Å². The number of rotatable bonds is 2. The van der Waals surface area contributed by atoms with Gasteiger partial charge in [-0.05, 0) is 18.6 Å². The van der Waals surface area contributed by atoms with Crippen LogP contribution in [0.15, 0.2) is 30.5 Å². The number of nitrogens with one attached hydrogen (secondary N) is 1. The van der Waals surface area contributed by atoms with Gasteiger partial charge in [0.1, 0.15) is 11.6 Å². The second kappa shape index (κ2) is 5.24. The Bertz CT molecular complexity index is 634. The summed E-state index contributed by atoms with van der Waals surface area (Å²) in [5, 5.41) is 3.16. The number of fused-ring (bicyclic) bond motifs is 1. The van der Waals surface area contributed by atoms with Gasteiger partial charge in [0, 0.05) is 24.9 Å². The zero-order valence-corrected chi connectivity index (χ0v) is 10.7. The maximum atomic E-state index is 13.4. The first-order valence-corrected chi connectivity index (χ1v) is 6.32. The Balaban J connectivity index is 1.92. The molecule has 0 radical (unpaired) electrons. The van der Waals surface area contributed by atoms with Crippen molar-refractivity contribution in [2.75, 3.05) is 24.2 Å². The molecule has 0 saturated heterocycles. The van der Waals surface area contributed by atoms with E-state index < -0.39 is 5.82 Å². The Hall–Kier alpha value is -2.50. The fourth-order valence-corrected chi connectivity index (χ4v) is 1.93. The van der Waals surface area contributed by atoms with E-state index in [9.17, 15) is 4.39 Å². The summed E-state index contributed by atoms with van der Waals surface area (Å²) in [6, 6.07) is 5.99. The Morgan fingerprint density at radius 3 is 3.10 bits per heavy atom. The fourth-order valence-electron chi connectivity index (χ4n) is 1.93. The number of aromatic nitrogens is 1. The average Bonchev–Trinajstić information content (AvgIpc) is 2.69. The van der Waals surface area contributed by atoms with Gasteiger partial charge in [-0.3, -0.25) is 0 Å².